The van der Waals surface area contributed by atoms with Gasteiger partial charge in [0.2, 0.25) is 11.8 Å². The number of nitrogens with zero attached hydrogens (tertiary/aromatic N) is 2. The summed E-state index contributed by atoms with van der Waals surface area (Å²) in [5.74, 6) is -0.324. The number of halogens is 1. The number of likely N-dealkylation sites (N-methyl/N-ethyl adjacent to an activating group) is 1. The molecule has 0 aliphatic carbocycles. The first-order valence-electron chi connectivity index (χ1n) is 9.00. The Morgan fingerprint density at radius 3 is 2.25 bits per heavy atom. The molecule has 2 rings (SSSR count). The second-order valence-corrected chi connectivity index (χ2v) is 6.60. The highest BCUT2D eigenvalue weighted by molar-refractivity contribution is 5.95. The lowest BCUT2D eigenvalue weighted by molar-refractivity contribution is -0.120. The van der Waals surface area contributed by atoms with E-state index in [4.69, 9.17) is 10.5 Å². The fraction of sp³-hybridized carbons (Fsp3) is 0.333. The van der Waals surface area contributed by atoms with Gasteiger partial charge in [0.25, 0.3) is 0 Å². The summed E-state index contributed by atoms with van der Waals surface area (Å²) in [6, 6.07) is 13.2. The van der Waals surface area contributed by atoms with Crippen molar-refractivity contribution in [3.8, 4) is 5.75 Å². The van der Waals surface area contributed by atoms with Gasteiger partial charge in [-0.3, -0.25) is 14.5 Å². The number of amides is 2. The summed E-state index contributed by atoms with van der Waals surface area (Å²) >= 11 is 0. The molecule has 0 radical (unpaired) electrons. The smallest absolute Gasteiger partial charge is 0.241 e. The number of ether oxygens (including phenoxy) is 1. The molecule has 0 spiro atoms. The third-order valence-corrected chi connectivity index (χ3v) is 4.67. The van der Waals surface area contributed by atoms with Gasteiger partial charge in [-0.05, 0) is 55.9 Å². The Bertz CT molecular complexity index is 794. The van der Waals surface area contributed by atoms with Crippen molar-refractivity contribution in [1.82, 2.24) is 4.90 Å². The van der Waals surface area contributed by atoms with E-state index in [0.717, 1.165) is 11.3 Å². The minimum Gasteiger partial charge on any atom is -0.497 e. The summed E-state index contributed by atoms with van der Waals surface area (Å²) in [7, 11) is 3.46. The Balaban J connectivity index is 2.11. The number of primary amides is 1. The maximum Gasteiger partial charge on any atom is 0.241 e. The Labute approximate surface area is 164 Å². The van der Waals surface area contributed by atoms with Crippen LogP contribution in [0.25, 0.3) is 0 Å². The normalized spacial score (nSPS) is 11.9. The standard InChI is InChI=1S/C21H26FN3O3/c1-15(16-4-10-19(28-3)11-5-16)24(2)14-21(27)25(13-12-20(23)26)18-8-6-17(22)7-9-18/h4-11,15H,12-14H2,1-3H3,(H2,23,26). The summed E-state index contributed by atoms with van der Waals surface area (Å²) in [5.41, 5.74) is 6.80. The molecular weight excluding hydrogens is 361 g/mol. The third kappa shape index (κ3) is 5.79. The number of rotatable bonds is 9. The average molecular weight is 387 g/mol. The van der Waals surface area contributed by atoms with Crippen LogP contribution >= 0.6 is 0 Å². The van der Waals surface area contributed by atoms with Gasteiger partial charge in [-0.25, -0.2) is 4.39 Å². The maximum absolute atomic E-state index is 13.2. The van der Waals surface area contributed by atoms with E-state index < -0.39 is 11.7 Å². The summed E-state index contributed by atoms with van der Waals surface area (Å²) < 4.78 is 18.4. The molecule has 2 aromatic rings. The lowest BCUT2D eigenvalue weighted by Gasteiger charge is -2.29. The van der Waals surface area contributed by atoms with Crippen LogP contribution in [-0.2, 0) is 9.59 Å². The fourth-order valence-corrected chi connectivity index (χ4v) is 2.81. The molecule has 0 saturated carbocycles. The van der Waals surface area contributed by atoms with Crippen molar-refractivity contribution in [3.63, 3.8) is 0 Å². The van der Waals surface area contributed by atoms with Gasteiger partial charge < -0.3 is 15.4 Å². The second-order valence-electron chi connectivity index (χ2n) is 6.60. The number of hydrogen-bond acceptors (Lipinski definition) is 4. The van der Waals surface area contributed by atoms with Crippen LogP contribution in [0.15, 0.2) is 48.5 Å². The molecule has 7 heteroatoms. The number of nitrogens with two attached hydrogens (primary N) is 1. The number of benzene rings is 2. The first kappa shape index (κ1) is 21.4. The van der Waals surface area contributed by atoms with Crippen LogP contribution in [-0.4, -0.2) is 44.0 Å². The van der Waals surface area contributed by atoms with Gasteiger partial charge in [0, 0.05) is 24.7 Å². The highest BCUT2D eigenvalue weighted by Crippen LogP contribution is 2.22. The summed E-state index contributed by atoms with van der Waals surface area (Å²) in [6.45, 7) is 2.27. The monoisotopic (exact) mass is 387 g/mol. The summed E-state index contributed by atoms with van der Waals surface area (Å²) in [6.07, 6.45) is 0.0286. The zero-order chi connectivity index (χ0) is 20.7. The molecule has 2 amide bonds. The van der Waals surface area contributed by atoms with Crippen molar-refractivity contribution >= 4 is 17.5 Å². The van der Waals surface area contributed by atoms with E-state index in [9.17, 15) is 14.0 Å². The molecule has 2 N–H and O–H groups in total. The van der Waals surface area contributed by atoms with Crippen LogP contribution in [0.3, 0.4) is 0 Å². The number of methoxy groups -OCH3 is 1. The van der Waals surface area contributed by atoms with E-state index in [1.54, 1.807) is 7.11 Å². The van der Waals surface area contributed by atoms with Gasteiger partial charge in [0.05, 0.1) is 13.7 Å². The van der Waals surface area contributed by atoms with Gasteiger partial charge in [-0.15, -0.1) is 0 Å². The van der Waals surface area contributed by atoms with Crippen molar-refractivity contribution in [2.45, 2.75) is 19.4 Å². The third-order valence-electron chi connectivity index (χ3n) is 4.67. The molecule has 28 heavy (non-hydrogen) atoms. The molecule has 0 saturated heterocycles. The van der Waals surface area contributed by atoms with Crippen molar-refractivity contribution in [2.24, 2.45) is 5.73 Å². The minimum atomic E-state index is -0.500. The van der Waals surface area contributed by atoms with E-state index in [2.05, 4.69) is 0 Å². The molecule has 0 aliphatic heterocycles. The molecule has 6 nitrogen and oxygen atoms in total. The predicted octanol–water partition coefficient (Wildman–Crippen LogP) is 2.74. The zero-order valence-corrected chi connectivity index (χ0v) is 16.4. The molecule has 0 aromatic heterocycles. The molecule has 0 fully saturated rings. The van der Waals surface area contributed by atoms with Crippen molar-refractivity contribution in [3.05, 3.63) is 59.9 Å². The number of carbonyl (C=O) groups excluding carboxylic acids is 2. The molecule has 0 aliphatic rings. The fourth-order valence-electron chi connectivity index (χ4n) is 2.81. The maximum atomic E-state index is 13.2. The quantitative estimate of drug-likeness (QED) is 0.718. The average Bonchev–Trinajstić information content (AvgIpc) is 2.68. The van der Waals surface area contributed by atoms with Gasteiger partial charge in [0.15, 0.2) is 0 Å². The van der Waals surface area contributed by atoms with Crippen LogP contribution in [0.4, 0.5) is 10.1 Å². The van der Waals surface area contributed by atoms with E-state index in [0.29, 0.717) is 5.69 Å². The Kier molecular flexibility index (Phi) is 7.52. The molecule has 0 bridgehead atoms. The van der Waals surface area contributed by atoms with Gasteiger partial charge in [-0.2, -0.15) is 0 Å². The van der Waals surface area contributed by atoms with E-state index in [1.165, 1.54) is 29.2 Å². The van der Waals surface area contributed by atoms with Crippen LogP contribution < -0.4 is 15.4 Å². The number of carbonyl (C=O) groups is 2. The minimum absolute atomic E-state index is 0.0129. The Hall–Kier alpha value is -2.93. The first-order valence-corrected chi connectivity index (χ1v) is 9.00. The topological polar surface area (TPSA) is 75.9 Å². The SMILES string of the molecule is COc1ccc(C(C)N(C)CC(=O)N(CCC(N)=O)c2ccc(F)cc2)cc1. The van der Waals surface area contributed by atoms with Crippen LogP contribution in [0.1, 0.15) is 24.9 Å². The van der Waals surface area contributed by atoms with E-state index in [1.807, 2.05) is 43.1 Å². The molecular formula is C21H26FN3O3. The van der Waals surface area contributed by atoms with Gasteiger partial charge >= 0.3 is 0 Å². The highest BCUT2D eigenvalue weighted by Gasteiger charge is 2.21. The van der Waals surface area contributed by atoms with Crippen LogP contribution in [0.2, 0.25) is 0 Å². The Morgan fingerprint density at radius 2 is 1.71 bits per heavy atom. The first-order chi connectivity index (χ1) is 13.3. The van der Waals surface area contributed by atoms with Crippen molar-refractivity contribution in [2.75, 3.05) is 32.1 Å². The van der Waals surface area contributed by atoms with Crippen molar-refractivity contribution < 1.29 is 18.7 Å². The number of hydrogen-bond donors (Lipinski definition) is 1. The second kappa shape index (κ2) is 9.85. The van der Waals surface area contributed by atoms with Gasteiger partial charge in [-0.1, -0.05) is 12.1 Å². The predicted molar refractivity (Wildman–Crippen MR) is 107 cm³/mol. The number of anilines is 1. The molecule has 2 aromatic carbocycles. The molecule has 0 heterocycles. The molecule has 150 valence electrons. The van der Waals surface area contributed by atoms with Crippen molar-refractivity contribution in [1.29, 1.82) is 0 Å². The lowest BCUT2D eigenvalue weighted by Crippen LogP contribution is -2.41. The van der Waals surface area contributed by atoms with E-state index in [-0.39, 0.29) is 31.5 Å². The highest BCUT2D eigenvalue weighted by atomic mass is 19.1. The van der Waals surface area contributed by atoms with Crippen LogP contribution in [0, 0.1) is 5.82 Å². The Morgan fingerprint density at radius 1 is 1.11 bits per heavy atom. The van der Waals surface area contributed by atoms with Gasteiger partial charge in [0.1, 0.15) is 11.6 Å². The largest absolute Gasteiger partial charge is 0.497 e. The molecule has 1 atom stereocenters. The van der Waals surface area contributed by atoms with E-state index >= 15 is 0 Å². The zero-order valence-electron chi connectivity index (χ0n) is 16.4. The van der Waals surface area contributed by atoms with Crippen LogP contribution in [0.5, 0.6) is 5.75 Å². The lowest BCUT2D eigenvalue weighted by atomic mass is 10.1. The summed E-state index contributed by atoms with van der Waals surface area (Å²) in [5, 5.41) is 0. The molecule has 1 unspecified atom stereocenters. The summed E-state index contributed by atoms with van der Waals surface area (Å²) in [4.78, 5) is 27.5.